The highest BCUT2D eigenvalue weighted by Crippen LogP contribution is 2.21. The van der Waals surface area contributed by atoms with Crippen LogP contribution in [0.25, 0.3) is 0 Å². The molecule has 0 saturated heterocycles. The van der Waals surface area contributed by atoms with E-state index in [0.29, 0.717) is 18.7 Å². The number of alkyl halides is 2. The third kappa shape index (κ3) is 6.54. The molecule has 0 bridgehead atoms. The highest BCUT2D eigenvalue weighted by atomic mass is 35.5. The summed E-state index contributed by atoms with van der Waals surface area (Å²) in [7, 11) is 0. The van der Waals surface area contributed by atoms with Crippen LogP contribution in [0.5, 0.6) is 5.75 Å². The van der Waals surface area contributed by atoms with Crippen molar-refractivity contribution in [1.82, 2.24) is 5.32 Å². The van der Waals surface area contributed by atoms with Gasteiger partial charge in [-0.3, -0.25) is 4.79 Å². The van der Waals surface area contributed by atoms with E-state index >= 15 is 0 Å². The number of benzene rings is 2. The number of hydrogen-bond acceptors (Lipinski definition) is 3. The van der Waals surface area contributed by atoms with Crippen molar-refractivity contribution < 1.29 is 22.7 Å². The van der Waals surface area contributed by atoms with Gasteiger partial charge >= 0.3 is 6.61 Å². The van der Waals surface area contributed by atoms with Crippen molar-refractivity contribution in [3.05, 3.63) is 58.9 Å². The molecule has 0 saturated carbocycles. The van der Waals surface area contributed by atoms with Crippen molar-refractivity contribution in [3.8, 4) is 5.75 Å². The Morgan fingerprint density at radius 1 is 1.16 bits per heavy atom. The minimum atomic E-state index is -2.85. The third-order valence-electron chi connectivity index (χ3n) is 3.25. The first kappa shape index (κ1) is 18.9. The fourth-order valence-corrected chi connectivity index (χ4v) is 2.29. The first-order valence-corrected chi connectivity index (χ1v) is 7.81. The first-order chi connectivity index (χ1) is 11.9. The lowest BCUT2D eigenvalue weighted by atomic mass is 10.1. The molecule has 0 spiro atoms. The number of rotatable bonds is 8. The minimum Gasteiger partial charge on any atom is -0.435 e. The number of nitrogens with one attached hydrogen (secondary N) is 2. The summed E-state index contributed by atoms with van der Waals surface area (Å²) < 4.78 is 41.3. The summed E-state index contributed by atoms with van der Waals surface area (Å²) in [5, 5.41) is 5.72. The van der Waals surface area contributed by atoms with Gasteiger partial charge in [0.25, 0.3) is 0 Å². The van der Waals surface area contributed by atoms with Crippen molar-refractivity contribution >= 4 is 23.2 Å². The summed E-state index contributed by atoms with van der Waals surface area (Å²) in [6, 6.07) is 10.0. The Morgan fingerprint density at radius 2 is 1.88 bits per heavy atom. The second-order valence-electron chi connectivity index (χ2n) is 5.10. The number of amides is 1. The summed E-state index contributed by atoms with van der Waals surface area (Å²) >= 11 is 5.85. The van der Waals surface area contributed by atoms with E-state index in [1.165, 1.54) is 24.3 Å². The van der Waals surface area contributed by atoms with Crippen molar-refractivity contribution in [2.75, 3.05) is 18.4 Å². The summed E-state index contributed by atoms with van der Waals surface area (Å²) in [5.41, 5.74) is 1.34. The van der Waals surface area contributed by atoms with Gasteiger partial charge in [-0.1, -0.05) is 23.7 Å². The second kappa shape index (κ2) is 9.17. The van der Waals surface area contributed by atoms with Gasteiger partial charge in [-0.2, -0.15) is 8.78 Å². The van der Waals surface area contributed by atoms with Gasteiger partial charge in [0.1, 0.15) is 11.6 Å². The van der Waals surface area contributed by atoms with Gasteiger partial charge in [0.2, 0.25) is 5.91 Å². The molecular weight excluding hydrogens is 357 g/mol. The molecule has 8 heteroatoms. The Bertz CT molecular complexity index is 712. The smallest absolute Gasteiger partial charge is 0.387 e. The number of halogens is 4. The monoisotopic (exact) mass is 372 g/mol. The summed E-state index contributed by atoms with van der Waals surface area (Å²) in [4.78, 5) is 11.8. The molecule has 0 atom stereocenters. The van der Waals surface area contributed by atoms with Crippen LogP contribution in [-0.2, 0) is 11.2 Å². The molecule has 2 aromatic carbocycles. The number of hydrogen-bond donors (Lipinski definition) is 2. The largest absolute Gasteiger partial charge is 0.435 e. The van der Waals surface area contributed by atoms with E-state index < -0.39 is 12.4 Å². The van der Waals surface area contributed by atoms with Crippen molar-refractivity contribution in [2.24, 2.45) is 0 Å². The van der Waals surface area contributed by atoms with E-state index in [1.54, 1.807) is 12.1 Å². The maximum Gasteiger partial charge on any atom is 0.387 e. The van der Waals surface area contributed by atoms with Crippen molar-refractivity contribution in [1.29, 1.82) is 0 Å². The van der Waals surface area contributed by atoms with E-state index in [2.05, 4.69) is 15.4 Å². The maximum absolute atomic E-state index is 12.9. The molecule has 2 rings (SSSR count). The first-order valence-electron chi connectivity index (χ1n) is 7.43. The molecule has 1 amide bonds. The van der Waals surface area contributed by atoms with Crippen LogP contribution in [0.3, 0.4) is 0 Å². The SMILES string of the molecule is O=C(CNc1ccc(F)cc1Cl)NCCc1ccc(OC(F)F)cc1. The quantitative estimate of drug-likeness (QED) is 0.740. The van der Waals surface area contributed by atoms with Gasteiger partial charge in [-0.05, 0) is 42.3 Å². The predicted molar refractivity (Wildman–Crippen MR) is 89.7 cm³/mol. The fraction of sp³-hybridized carbons (Fsp3) is 0.235. The van der Waals surface area contributed by atoms with Crippen LogP contribution in [-0.4, -0.2) is 25.6 Å². The van der Waals surface area contributed by atoms with Gasteiger partial charge in [0.05, 0.1) is 17.3 Å². The predicted octanol–water partition coefficient (Wildman–Crippen LogP) is 3.85. The van der Waals surface area contributed by atoms with Gasteiger partial charge in [0, 0.05) is 6.54 Å². The number of ether oxygens (including phenoxy) is 1. The molecule has 0 radical (unpaired) electrons. The lowest BCUT2D eigenvalue weighted by Gasteiger charge is -2.09. The lowest BCUT2D eigenvalue weighted by molar-refractivity contribution is -0.119. The molecule has 0 fully saturated rings. The summed E-state index contributed by atoms with van der Waals surface area (Å²) in [6.45, 7) is -2.48. The lowest BCUT2D eigenvalue weighted by Crippen LogP contribution is -2.31. The van der Waals surface area contributed by atoms with Crippen LogP contribution >= 0.6 is 11.6 Å². The van der Waals surface area contributed by atoms with Crippen LogP contribution < -0.4 is 15.4 Å². The molecule has 134 valence electrons. The molecule has 0 heterocycles. The van der Waals surface area contributed by atoms with E-state index in [4.69, 9.17) is 11.6 Å². The number of carbonyl (C=O) groups excluding carboxylic acids is 1. The molecule has 4 nitrogen and oxygen atoms in total. The zero-order valence-corrected chi connectivity index (χ0v) is 13.8. The molecule has 2 aromatic rings. The van der Waals surface area contributed by atoms with E-state index in [0.717, 1.165) is 11.6 Å². The van der Waals surface area contributed by atoms with E-state index in [-0.39, 0.29) is 23.2 Å². The van der Waals surface area contributed by atoms with Gasteiger partial charge in [-0.15, -0.1) is 0 Å². The molecule has 0 aliphatic carbocycles. The van der Waals surface area contributed by atoms with Crippen molar-refractivity contribution in [2.45, 2.75) is 13.0 Å². The molecule has 0 aromatic heterocycles. The molecule has 0 aliphatic heterocycles. The normalized spacial score (nSPS) is 10.6. The molecule has 0 aliphatic rings. The standard InChI is InChI=1S/C17H16ClF3N2O2/c18-14-9-12(19)3-6-15(14)23-10-16(24)22-8-7-11-1-4-13(5-2-11)25-17(20)21/h1-6,9,17,23H,7-8,10H2,(H,22,24). The molecular formula is C17H16ClF3N2O2. The summed E-state index contributed by atoms with van der Waals surface area (Å²) in [6.07, 6.45) is 0.540. The Hall–Kier alpha value is -2.41. The van der Waals surface area contributed by atoms with Crippen LogP contribution in [0.2, 0.25) is 5.02 Å². The van der Waals surface area contributed by atoms with E-state index in [9.17, 15) is 18.0 Å². The molecule has 0 unspecified atom stereocenters. The number of carbonyl (C=O) groups is 1. The highest BCUT2D eigenvalue weighted by molar-refractivity contribution is 6.33. The zero-order valence-electron chi connectivity index (χ0n) is 13.1. The van der Waals surface area contributed by atoms with Crippen LogP contribution in [0.15, 0.2) is 42.5 Å². The van der Waals surface area contributed by atoms with Crippen LogP contribution in [0, 0.1) is 5.82 Å². The van der Waals surface area contributed by atoms with Gasteiger partial charge < -0.3 is 15.4 Å². The minimum absolute atomic E-state index is 0.00742. The van der Waals surface area contributed by atoms with Gasteiger partial charge in [-0.25, -0.2) is 4.39 Å². The molecule has 25 heavy (non-hydrogen) atoms. The fourth-order valence-electron chi connectivity index (χ4n) is 2.05. The average Bonchev–Trinajstić information content (AvgIpc) is 2.55. The van der Waals surface area contributed by atoms with E-state index in [1.807, 2.05) is 0 Å². The molecule has 2 N–H and O–H groups in total. The maximum atomic E-state index is 12.9. The Balaban J connectivity index is 1.71. The second-order valence-corrected chi connectivity index (χ2v) is 5.51. The topological polar surface area (TPSA) is 50.4 Å². The zero-order chi connectivity index (χ0) is 18.2. The average molecular weight is 373 g/mol. The van der Waals surface area contributed by atoms with Crippen molar-refractivity contribution in [3.63, 3.8) is 0 Å². The Kier molecular flexibility index (Phi) is 6.94. The Labute approximate surface area is 147 Å². The Morgan fingerprint density at radius 3 is 2.52 bits per heavy atom. The van der Waals surface area contributed by atoms with Crippen LogP contribution in [0.1, 0.15) is 5.56 Å². The number of anilines is 1. The van der Waals surface area contributed by atoms with Crippen LogP contribution in [0.4, 0.5) is 18.9 Å². The van der Waals surface area contributed by atoms with Gasteiger partial charge in [0.15, 0.2) is 0 Å². The summed E-state index contributed by atoms with van der Waals surface area (Å²) in [5.74, 6) is -0.619. The highest BCUT2D eigenvalue weighted by Gasteiger charge is 2.06. The third-order valence-corrected chi connectivity index (χ3v) is 3.57.